The molecule has 32 heavy (non-hydrogen) atoms. The molecule has 0 aromatic heterocycles. The second kappa shape index (κ2) is 9.02. The largest absolute Gasteiger partial charge is 0.367 e. The topological polar surface area (TPSA) is 105 Å². The molecular formula is C24H33N3O5. The molecule has 3 rings (SSSR count). The van der Waals surface area contributed by atoms with Crippen LogP contribution in [-0.2, 0) is 19.1 Å². The summed E-state index contributed by atoms with van der Waals surface area (Å²) in [5, 5.41) is 5.65. The van der Waals surface area contributed by atoms with Gasteiger partial charge in [0.2, 0.25) is 11.8 Å². The van der Waals surface area contributed by atoms with Crippen LogP contribution in [0.25, 0.3) is 0 Å². The second-order valence-corrected chi connectivity index (χ2v) is 10.1. The van der Waals surface area contributed by atoms with E-state index < -0.39 is 23.4 Å². The second-order valence-electron chi connectivity index (χ2n) is 10.1. The molecule has 2 N–H and O–H groups in total. The van der Waals surface area contributed by atoms with Gasteiger partial charge in [-0.05, 0) is 29.7 Å². The third-order valence-corrected chi connectivity index (χ3v) is 6.05. The number of nitrogens with zero attached hydrogens (tertiary/aromatic N) is 1. The lowest BCUT2D eigenvalue weighted by atomic mass is 9.85. The van der Waals surface area contributed by atoms with Crippen LogP contribution in [-0.4, -0.2) is 59.7 Å². The van der Waals surface area contributed by atoms with Gasteiger partial charge in [0.05, 0.1) is 6.10 Å². The molecule has 0 radical (unpaired) electrons. The van der Waals surface area contributed by atoms with Gasteiger partial charge < -0.3 is 20.3 Å². The molecule has 4 atom stereocenters. The Labute approximate surface area is 189 Å². The molecule has 0 aliphatic carbocycles. The van der Waals surface area contributed by atoms with Crippen LogP contribution in [0.3, 0.4) is 0 Å². The predicted molar refractivity (Wildman–Crippen MR) is 120 cm³/mol. The smallest absolute Gasteiger partial charge is 0.251 e. The van der Waals surface area contributed by atoms with Crippen molar-refractivity contribution in [2.45, 2.75) is 59.7 Å². The highest BCUT2D eigenvalue weighted by Gasteiger charge is 2.52. The van der Waals surface area contributed by atoms with Gasteiger partial charge in [-0.25, -0.2) is 0 Å². The molecule has 0 spiro atoms. The monoisotopic (exact) mass is 443 g/mol. The predicted octanol–water partition coefficient (Wildman–Crippen LogP) is 2.24. The zero-order valence-electron chi connectivity index (χ0n) is 19.6. The SMILES string of the molecule is CC(C)C(=O)Nc1ccc(C(=O)N[C@H](C(=O)N2C[C@H](C)[C@H]3OCC(=O)[C@H]32)C(C)(C)C)cc1. The molecule has 1 aromatic rings. The van der Waals surface area contributed by atoms with Crippen molar-refractivity contribution in [2.24, 2.45) is 17.3 Å². The fourth-order valence-corrected chi connectivity index (χ4v) is 4.14. The number of ketones is 1. The lowest BCUT2D eigenvalue weighted by molar-refractivity contribution is -0.140. The number of ether oxygens (including phenoxy) is 1. The van der Waals surface area contributed by atoms with E-state index >= 15 is 0 Å². The van der Waals surface area contributed by atoms with Crippen LogP contribution < -0.4 is 10.6 Å². The minimum absolute atomic E-state index is 0.0235. The van der Waals surface area contributed by atoms with Crippen molar-refractivity contribution in [3.8, 4) is 0 Å². The number of carbonyl (C=O) groups excluding carboxylic acids is 4. The summed E-state index contributed by atoms with van der Waals surface area (Å²) in [6.07, 6.45) is -0.281. The van der Waals surface area contributed by atoms with Crippen molar-refractivity contribution < 1.29 is 23.9 Å². The molecule has 1 aromatic carbocycles. The molecule has 2 saturated heterocycles. The Morgan fingerprint density at radius 2 is 1.75 bits per heavy atom. The van der Waals surface area contributed by atoms with Crippen molar-refractivity contribution in [1.82, 2.24) is 10.2 Å². The molecular weight excluding hydrogens is 410 g/mol. The number of amides is 3. The maximum Gasteiger partial charge on any atom is 0.251 e. The third kappa shape index (κ3) is 4.85. The number of fused-ring (bicyclic) bond motifs is 1. The summed E-state index contributed by atoms with van der Waals surface area (Å²) in [4.78, 5) is 52.2. The fourth-order valence-electron chi connectivity index (χ4n) is 4.14. The van der Waals surface area contributed by atoms with Crippen molar-refractivity contribution in [3.05, 3.63) is 29.8 Å². The van der Waals surface area contributed by atoms with Crippen LogP contribution in [0.2, 0.25) is 0 Å². The van der Waals surface area contributed by atoms with E-state index in [-0.39, 0.29) is 42.1 Å². The molecule has 2 aliphatic rings. The maximum atomic E-state index is 13.5. The van der Waals surface area contributed by atoms with E-state index in [0.29, 0.717) is 17.8 Å². The lowest BCUT2D eigenvalue weighted by Gasteiger charge is -2.35. The van der Waals surface area contributed by atoms with Crippen molar-refractivity contribution in [2.75, 3.05) is 18.5 Å². The summed E-state index contributed by atoms with van der Waals surface area (Å²) in [5.41, 5.74) is 0.407. The molecule has 0 saturated carbocycles. The number of hydrogen-bond acceptors (Lipinski definition) is 5. The van der Waals surface area contributed by atoms with Crippen LogP contribution >= 0.6 is 0 Å². The van der Waals surface area contributed by atoms with Gasteiger partial charge in [-0.2, -0.15) is 0 Å². The molecule has 0 bridgehead atoms. The Kier molecular flexibility index (Phi) is 6.74. The highest BCUT2D eigenvalue weighted by Crippen LogP contribution is 2.33. The quantitative estimate of drug-likeness (QED) is 0.726. The van der Waals surface area contributed by atoms with Gasteiger partial charge in [-0.1, -0.05) is 41.5 Å². The van der Waals surface area contributed by atoms with Crippen molar-refractivity contribution >= 4 is 29.2 Å². The molecule has 3 amide bonds. The number of hydrogen-bond donors (Lipinski definition) is 2. The molecule has 0 unspecified atom stereocenters. The number of benzene rings is 1. The van der Waals surface area contributed by atoms with E-state index in [2.05, 4.69) is 10.6 Å². The van der Waals surface area contributed by atoms with E-state index in [9.17, 15) is 19.2 Å². The first-order chi connectivity index (χ1) is 14.9. The van der Waals surface area contributed by atoms with Gasteiger partial charge in [0.1, 0.15) is 18.7 Å². The molecule has 2 heterocycles. The van der Waals surface area contributed by atoms with Crippen LogP contribution in [0.15, 0.2) is 24.3 Å². The maximum absolute atomic E-state index is 13.5. The average molecular weight is 444 g/mol. The van der Waals surface area contributed by atoms with Gasteiger partial charge in [0.15, 0.2) is 5.78 Å². The zero-order valence-corrected chi connectivity index (χ0v) is 19.6. The number of nitrogens with one attached hydrogen (secondary N) is 2. The third-order valence-electron chi connectivity index (χ3n) is 6.05. The number of Topliss-reactive ketones (excluding diaryl/α,β-unsaturated/α-hetero) is 1. The zero-order chi connectivity index (χ0) is 23.8. The van der Waals surface area contributed by atoms with E-state index in [0.717, 1.165) is 0 Å². The summed E-state index contributed by atoms with van der Waals surface area (Å²) < 4.78 is 5.59. The van der Waals surface area contributed by atoms with Gasteiger partial charge in [-0.15, -0.1) is 0 Å². The van der Waals surface area contributed by atoms with Gasteiger partial charge in [0, 0.05) is 29.6 Å². The molecule has 2 aliphatic heterocycles. The van der Waals surface area contributed by atoms with Gasteiger partial charge in [-0.3, -0.25) is 19.2 Å². The first kappa shape index (κ1) is 23.9. The molecule has 8 heteroatoms. The summed E-state index contributed by atoms with van der Waals surface area (Å²) in [6.45, 7) is 11.7. The lowest BCUT2D eigenvalue weighted by Crippen LogP contribution is -2.57. The average Bonchev–Trinajstić information content (AvgIpc) is 3.26. The van der Waals surface area contributed by atoms with Crippen LogP contribution in [0.5, 0.6) is 0 Å². The minimum Gasteiger partial charge on any atom is -0.367 e. The Hall–Kier alpha value is -2.74. The Morgan fingerprint density at radius 3 is 2.31 bits per heavy atom. The van der Waals surface area contributed by atoms with Crippen LogP contribution in [0.4, 0.5) is 5.69 Å². The molecule has 2 fully saturated rings. The minimum atomic E-state index is -0.810. The summed E-state index contributed by atoms with van der Waals surface area (Å²) in [6, 6.07) is 5.14. The van der Waals surface area contributed by atoms with Crippen LogP contribution in [0.1, 0.15) is 51.9 Å². The van der Waals surface area contributed by atoms with Gasteiger partial charge >= 0.3 is 0 Å². The Balaban J connectivity index is 1.75. The van der Waals surface area contributed by atoms with E-state index in [1.807, 2.05) is 27.7 Å². The summed E-state index contributed by atoms with van der Waals surface area (Å²) >= 11 is 0. The number of likely N-dealkylation sites (tertiary alicyclic amines) is 1. The van der Waals surface area contributed by atoms with Crippen molar-refractivity contribution in [1.29, 1.82) is 0 Å². The molecule has 174 valence electrons. The number of rotatable bonds is 5. The highest BCUT2D eigenvalue weighted by atomic mass is 16.5. The van der Waals surface area contributed by atoms with E-state index in [1.54, 1.807) is 43.0 Å². The molecule has 8 nitrogen and oxygen atoms in total. The normalized spacial score (nSPS) is 23.8. The number of anilines is 1. The standard InChI is InChI=1S/C24H33N3O5/c1-13(2)21(29)25-16-9-7-15(8-10-16)22(30)26-20(24(4,5)6)23(31)27-11-14(3)19-18(27)17(28)12-32-19/h7-10,13-14,18-20H,11-12H2,1-6H3,(H,25,29)(H,26,30)/t14-,18+,19+,20+/m0/s1. The van der Waals surface area contributed by atoms with Crippen molar-refractivity contribution in [3.63, 3.8) is 0 Å². The van der Waals surface area contributed by atoms with E-state index in [4.69, 9.17) is 4.74 Å². The first-order valence-electron chi connectivity index (χ1n) is 11.1. The van der Waals surface area contributed by atoms with Crippen LogP contribution in [0, 0.1) is 17.3 Å². The first-order valence-corrected chi connectivity index (χ1v) is 11.1. The highest BCUT2D eigenvalue weighted by molar-refractivity contribution is 6.00. The van der Waals surface area contributed by atoms with E-state index in [1.165, 1.54) is 0 Å². The van der Waals surface area contributed by atoms with Gasteiger partial charge in [0.25, 0.3) is 5.91 Å². The summed E-state index contributed by atoms with van der Waals surface area (Å²) in [5.74, 6) is -0.959. The fraction of sp³-hybridized carbons (Fsp3) is 0.583. The Bertz CT molecular complexity index is 903. The number of carbonyl (C=O) groups is 4. The summed E-state index contributed by atoms with van der Waals surface area (Å²) in [7, 11) is 0. The Morgan fingerprint density at radius 1 is 1.12 bits per heavy atom.